The molecule has 2 aromatic carbocycles. The number of aromatic nitrogens is 1. The first kappa shape index (κ1) is 32.7. The number of nitrogens with zero attached hydrogens (tertiary/aromatic N) is 1. The number of ether oxygens (including phenoxy) is 2. The molecule has 4 atom stereocenters. The van der Waals surface area contributed by atoms with Gasteiger partial charge < -0.3 is 25.2 Å². The van der Waals surface area contributed by atoms with Crippen molar-refractivity contribution in [1.29, 1.82) is 0 Å². The lowest BCUT2D eigenvalue weighted by atomic mass is 9.83. The van der Waals surface area contributed by atoms with Gasteiger partial charge in [-0.3, -0.25) is 9.59 Å². The van der Waals surface area contributed by atoms with E-state index in [1.807, 2.05) is 0 Å². The highest BCUT2D eigenvalue weighted by Crippen LogP contribution is 2.49. The number of fused-ring (bicyclic) bond motifs is 2. The Bertz CT molecular complexity index is 1780. The summed E-state index contributed by atoms with van der Waals surface area (Å²) in [5.41, 5.74) is -5.48. The van der Waals surface area contributed by atoms with E-state index in [4.69, 9.17) is 14.6 Å². The third-order valence-electron chi connectivity index (χ3n) is 8.16. The number of methoxy groups -OCH3 is 1. The topological polar surface area (TPSA) is 161 Å². The van der Waals surface area contributed by atoms with E-state index in [2.05, 4.69) is 15.6 Å². The quantitative estimate of drug-likeness (QED) is 0.266. The van der Waals surface area contributed by atoms with Gasteiger partial charge in [-0.05, 0) is 61.4 Å². The summed E-state index contributed by atoms with van der Waals surface area (Å²) >= 11 is 0. The highest BCUT2D eigenvalue weighted by atomic mass is 32.2. The zero-order chi connectivity index (χ0) is 33.4. The minimum atomic E-state index is -5.64. The van der Waals surface area contributed by atoms with Crippen LogP contribution in [0.15, 0.2) is 59.6 Å². The molecule has 11 nitrogen and oxygen atoms in total. The van der Waals surface area contributed by atoms with Crippen LogP contribution in [-0.4, -0.2) is 61.6 Å². The predicted octanol–water partition coefficient (Wildman–Crippen LogP) is 4.44. The normalized spacial score (nSPS) is 20.6. The SMILES string of the molecule is COc1cc(F)c(-c2ccc(OCC(=O)O)nc2)cc1C(=O)NC1C2CCC(C2)C1C(=O)Nc1cccc(S(=O)(=O)C(F)(F)F)c1. The fourth-order valence-electron chi connectivity index (χ4n) is 6.09. The van der Waals surface area contributed by atoms with Crippen molar-refractivity contribution >= 4 is 33.3 Å². The van der Waals surface area contributed by atoms with E-state index in [9.17, 15) is 36.0 Å². The number of benzene rings is 2. The molecule has 0 aliphatic heterocycles. The Morgan fingerprint density at radius 2 is 1.80 bits per heavy atom. The van der Waals surface area contributed by atoms with Crippen molar-refractivity contribution in [1.82, 2.24) is 10.3 Å². The number of amides is 2. The highest BCUT2D eigenvalue weighted by molar-refractivity contribution is 7.92. The minimum absolute atomic E-state index is 0.00709. The zero-order valence-corrected chi connectivity index (χ0v) is 24.8. The number of hydrogen-bond donors (Lipinski definition) is 3. The third-order valence-corrected chi connectivity index (χ3v) is 9.64. The Morgan fingerprint density at radius 1 is 1.07 bits per heavy atom. The van der Waals surface area contributed by atoms with Crippen molar-refractivity contribution in [2.75, 3.05) is 19.0 Å². The smallest absolute Gasteiger partial charge is 0.496 e. The number of pyridine rings is 1. The average molecular weight is 666 g/mol. The molecular formula is C30H27F4N3O8S. The van der Waals surface area contributed by atoms with Crippen LogP contribution in [-0.2, 0) is 19.4 Å². The molecule has 46 heavy (non-hydrogen) atoms. The summed E-state index contributed by atoms with van der Waals surface area (Å²) in [6.07, 6.45) is 3.25. The van der Waals surface area contributed by atoms with Gasteiger partial charge in [0.05, 0.1) is 23.5 Å². The van der Waals surface area contributed by atoms with E-state index in [0.717, 1.165) is 24.3 Å². The number of halogens is 4. The predicted molar refractivity (Wildman–Crippen MR) is 153 cm³/mol. The van der Waals surface area contributed by atoms with Crippen molar-refractivity contribution < 1.29 is 54.9 Å². The number of hydrogen-bond acceptors (Lipinski definition) is 8. The molecule has 0 spiro atoms. The largest absolute Gasteiger partial charge is 0.501 e. The van der Waals surface area contributed by atoms with Crippen molar-refractivity contribution in [3.8, 4) is 22.8 Å². The summed E-state index contributed by atoms with van der Waals surface area (Å²) in [4.78, 5) is 40.7. The van der Waals surface area contributed by atoms with Crippen molar-refractivity contribution in [2.45, 2.75) is 35.7 Å². The van der Waals surface area contributed by atoms with Gasteiger partial charge in [-0.1, -0.05) is 6.07 Å². The molecule has 2 aliphatic carbocycles. The molecule has 16 heteroatoms. The molecule has 0 saturated heterocycles. The molecule has 2 bridgehead atoms. The van der Waals surface area contributed by atoms with Gasteiger partial charge in [-0.2, -0.15) is 13.2 Å². The van der Waals surface area contributed by atoms with Gasteiger partial charge in [0, 0.05) is 41.2 Å². The molecule has 2 amide bonds. The van der Waals surface area contributed by atoms with E-state index < -0.39 is 62.4 Å². The van der Waals surface area contributed by atoms with Crippen LogP contribution in [0.5, 0.6) is 11.6 Å². The third kappa shape index (κ3) is 6.47. The first-order valence-corrected chi connectivity index (χ1v) is 15.4. The number of carbonyl (C=O) groups is 3. The summed E-state index contributed by atoms with van der Waals surface area (Å²) in [6, 6.07) is 8.22. The number of sulfone groups is 1. The molecule has 5 rings (SSSR count). The molecule has 1 heterocycles. The summed E-state index contributed by atoms with van der Waals surface area (Å²) in [7, 11) is -4.39. The lowest BCUT2D eigenvalue weighted by molar-refractivity contribution is -0.139. The Labute approximate surface area is 259 Å². The lowest BCUT2D eigenvalue weighted by Gasteiger charge is -2.31. The number of carboxylic acids is 1. The van der Waals surface area contributed by atoms with Crippen LogP contribution in [0.4, 0.5) is 23.2 Å². The maximum atomic E-state index is 15.1. The number of aliphatic carboxylic acids is 1. The van der Waals surface area contributed by atoms with E-state index in [0.29, 0.717) is 19.3 Å². The molecule has 2 aliphatic rings. The van der Waals surface area contributed by atoms with Crippen molar-refractivity contribution in [2.24, 2.45) is 17.8 Å². The molecular weight excluding hydrogens is 638 g/mol. The molecule has 3 N–H and O–H groups in total. The number of nitrogens with one attached hydrogen (secondary N) is 2. The number of alkyl halides is 3. The Hall–Kier alpha value is -4.73. The van der Waals surface area contributed by atoms with Crippen LogP contribution < -0.4 is 20.1 Å². The second-order valence-electron chi connectivity index (χ2n) is 10.9. The van der Waals surface area contributed by atoms with Crippen LogP contribution in [0, 0.1) is 23.6 Å². The standard InChI is InChI=1S/C30H27F4N3O8S/c1-44-23-12-22(31)20(17-7-8-24(35-13-17)45-14-25(38)39)11-21(23)28(40)37-27-16-6-5-15(9-16)26(27)29(41)36-18-3-2-4-19(10-18)46(42,43)30(32,33)34/h2-4,7-8,10-13,15-16,26-27H,5-6,9,14H2,1H3,(H,36,41)(H,37,40)(H,38,39). The number of carboxylic acid groups (broad SMARTS) is 1. The summed E-state index contributed by atoms with van der Waals surface area (Å²) in [5.74, 6) is -4.30. The van der Waals surface area contributed by atoms with Crippen LogP contribution >= 0.6 is 0 Å². The molecule has 244 valence electrons. The van der Waals surface area contributed by atoms with Gasteiger partial charge in [0.15, 0.2) is 6.61 Å². The summed E-state index contributed by atoms with van der Waals surface area (Å²) < 4.78 is 88.3. The maximum absolute atomic E-state index is 15.1. The van der Waals surface area contributed by atoms with Crippen LogP contribution in [0.1, 0.15) is 29.6 Å². The second kappa shape index (κ2) is 12.6. The van der Waals surface area contributed by atoms with E-state index >= 15 is 4.39 Å². The van der Waals surface area contributed by atoms with Gasteiger partial charge in [0.25, 0.3) is 15.7 Å². The van der Waals surface area contributed by atoms with Crippen LogP contribution in [0.25, 0.3) is 11.1 Å². The van der Waals surface area contributed by atoms with Gasteiger partial charge in [-0.15, -0.1) is 0 Å². The fourth-order valence-corrected chi connectivity index (χ4v) is 6.90. The van der Waals surface area contributed by atoms with Gasteiger partial charge in [0.2, 0.25) is 11.8 Å². The van der Waals surface area contributed by atoms with Crippen LogP contribution in [0.3, 0.4) is 0 Å². The van der Waals surface area contributed by atoms with Crippen LogP contribution in [0.2, 0.25) is 0 Å². The first-order valence-electron chi connectivity index (χ1n) is 13.9. The molecule has 4 unspecified atom stereocenters. The second-order valence-corrected chi connectivity index (χ2v) is 12.9. The van der Waals surface area contributed by atoms with E-state index in [1.54, 1.807) is 0 Å². The molecule has 1 aromatic heterocycles. The van der Waals surface area contributed by atoms with Gasteiger partial charge >= 0.3 is 11.5 Å². The first-order chi connectivity index (χ1) is 21.7. The number of carbonyl (C=O) groups excluding carboxylic acids is 2. The Balaban J connectivity index is 1.37. The Morgan fingerprint density at radius 3 is 2.46 bits per heavy atom. The van der Waals surface area contributed by atoms with E-state index in [-0.39, 0.29) is 45.8 Å². The molecule has 3 aromatic rings. The molecule has 2 fully saturated rings. The van der Waals surface area contributed by atoms with E-state index in [1.165, 1.54) is 37.6 Å². The highest BCUT2D eigenvalue weighted by Gasteiger charge is 2.52. The average Bonchev–Trinajstić information content (AvgIpc) is 3.62. The maximum Gasteiger partial charge on any atom is 0.501 e. The summed E-state index contributed by atoms with van der Waals surface area (Å²) in [5, 5.41) is 14.1. The fraction of sp³-hybridized carbons (Fsp3) is 0.333. The monoisotopic (exact) mass is 665 g/mol. The number of anilines is 1. The van der Waals surface area contributed by atoms with Gasteiger partial charge in [0.1, 0.15) is 11.6 Å². The van der Waals surface area contributed by atoms with Gasteiger partial charge in [-0.25, -0.2) is 22.6 Å². The Kier molecular flexibility index (Phi) is 8.93. The van der Waals surface area contributed by atoms with Crippen molar-refractivity contribution in [3.63, 3.8) is 0 Å². The zero-order valence-electron chi connectivity index (χ0n) is 24.0. The summed E-state index contributed by atoms with van der Waals surface area (Å²) in [6.45, 7) is -0.623. The number of rotatable bonds is 10. The lowest BCUT2D eigenvalue weighted by Crippen LogP contribution is -2.48. The molecule has 2 saturated carbocycles. The molecule has 0 radical (unpaired) electrons. The van der Waals surface area contributed by atoms with Crippen molar-refractivity contribution in [3.05, 3.63) is 66.1 Å². The minimum Gasteiger partial charge on any atom is -0.496 e.